The number of carbonyl (C=O) groups is 2. The number of nitrogens with zero attached hydrogens (tertiary/aromatic N) is 1. The number of unbranched alkanes of at least 4 members (excludes halogenated alkanes) is 2. The number of carbonyl (C=O) groups excluding carboxylic acids is 2. The number of hydrogen-bond donors (Lipinski definition) is 1. The first-order valence-electron chi connectivity index (χ1n) is 9.02. The number of amides is 1. The fourth-order valence-electron chi connectivity index (χ4n) is 2.55. The molecule has 1 amide bonds. The molecule has 1 N–H and O–H groups in total. The maximum atomic E-state index is 11.8. The van der Waals surface area contributed by atoms with Gasteiger partial charge in [-0.2, -0.15) is 0 Å². The zero-order valence-electron chi connectivity index (χ0n) is 15.2. The summed E-state index contributed by atoms with van der Waals surface area (Å²) in [5.74, 6) is 1.25. The molecule has 2 aromatic rings. The van der Waals surface area contributed by atoms with E-state index in [4.69, 9.17) is 4.42 Å². The van der Waals surface area contributed by atoms with Crippen molar-refractivity contribution in [1.29, 1.82) is 0 Å². The molecule has 0 spiro atoms. The standard InChI is InChI=1S/C20H26N2O4/c1-25-20(24)13-6-3-7-14-21-18(23)11-8-12-19-22-15-17(26-19)16-9-4-2-5-10-16/h2,4-5,9-10,15H,3,6-8,11-14H2,1H3,(H,21,23). The summed E-state index contributed by atoms with van der Waals surface area (Å²) in [6.07, 6.45) is 6.49. The minimum Gasteiger partial charge on any atom is -0.469 e. The Hall–Kier alpha value is -2.63. The lowest BCUT2D eigenvalue weighted by atomic mass is 10.2. The third kappa shape index (κ3) is 7.09. The highest BCUT2D eigenvalue weighted by Crippen LogP contribution is 2.20. The molecule has 6 nitrogen and oxygen atoms in total. The molecule has 0 fully saturated rings. The molecule has 0 aliphatic rings. The van der Waals surface area contributed by atoms with Crippen molar-refractivity contribution < 1.29 is 18.7 Å². The van der Waals surface area contributed by atoms with Crippen LogP contribution in [0.2, 0.25) is 0 Å². The van der Waals surface area contributed by atoms with Crippen LogP contribution in [-0.4, -0.2) is 30.5 Å². The third-order valence-electron chi connectivity index (χ3n) is 4.01. The number of aryl methyl sites for hydroxylation is 1. The second kappa shape index (κ2) is 11.1. The number of aromatic nitrogens is 1. The number of methoxy groups -OCH3 is 1. The van der Waals surface area contributed by atoms with Crippen LogP contribution in [0.3, 0.4) is 0 Å². The molecule has 0 bridgehead atoms. The average Bonchev–Trinajstić information content (AvgIpc) is 3.14. The van der Waals surface area contributed by atoms with Crippen molar-refractivity contribution in [3.63, 3.8) is 0 Å². The molecule has 26 heavy (non-hydrogen) atoms. The number of benzene rings is 1. The molecule has 1 heterocycles. The molecule has 0 atom stereocenters. The molecule has 0 aliphatic carbocycles. The number of oxazole rings is 1. The number of hydrogen-bond acceptors (Lipinski definition) is 5. The lowest BCUT2D eigenvalue weighted by Gasteiger charge is -2.04. The number of esters is 1. The van der Waals surface area contributed by atoms with Gasteiger partial charge in [-0.3, -0.25) is 9.59 Å². The van der Waals surface area contributed by atoms with Gasteiger partial charge in [0.05, 0.1) is 13.3 Å². The van der Waals surface area contributed by atoms with Crippen molar-refractivity contribution in [1.82, 2.24) is 10.3 Å². The van der Waals surface area contributed by atoms with Crippen LogP contribution in [0.15, 0.2) is 40.9 Å². The first-order valence-corrected chi connectivity index (χ1v) is 9.02. The zero-order chi connectivity index (χ0) is 18.6. The Morgan fingerprint density at radius 1 is 1.08 bits per heavy atom. The first kappa shape index (κ1) is 19.7. The Kier molecular flexibility index (Phi) is 8.39. The highest BCUT2D eigenvalue weighted by molar-refractivity contribution is 5.75. The first-order chi connectivity index (χ1) is 12.7. The second-order valence-corrected chi connectivity index (χ2v) is 6.07. The van der Waals surface area contributed by atoms with E-state index in [-0.39, 0.29) is 11.9 Å². The van der Waals surface area contributed by atoms with Gasteiger partial charge >= 0.3 is 5.97 Å². The van der Waals surface area contributed by atoms with Crippen molar-refractivity contribution in [3.05, 3.63) is 42.4 Å². The smallest absolute Gasteiger partial charge is 0.305 e. The summed E-state index contributed by atoms with van der Waals surface area (Å²) in [6, 6.07) is 9.82. The predicted octanol–water partition coefficient (Wildman–Crippen LogP) is 3.51. The van der Waals surface area contributed by atoms with E-state index in [2.05, 4.69) is 15.0 Å². The van der Waals surface area contributed by atoms with Gasteiger partial charge in [0.2, 0.25) is 5.91 Å². The van der Waals surface area contributed by atoms with Crippen molar-refractivity contribution in [3.8, 4) is 11.3 Å². The lowest BCUT2D eigenvalue weighted by molar-refractivity contribution is -0.140. The van der Waals surface area contributed by atoms with Crippen LogP contribution in [-0.2, 0) is 20.7 Å². The third-order valence-corrected chi connectivity index (χ3v) is 4.01. The summed E-state index contributed by atoms with van der Waals surface area (Å²) in [6.45, 7) is 0.636. The predicted molar refractivity (Wildman–Crippen MR) is 98.4 cm³/mol. The molecule has 1 aromatic carbocycles. The molecular weight excluding hydrogens is 332 g/mol. The van der Waals surface area contributed by atoms with E-state index in [9.17, 15) is 9.59 Å². The summed E-state index contributed by atoms with van der Waals surface area (Å²) in [7, 11) is 1.39. The van der Waals surface area contributed by atoms with Gasteiger partial charge in [-0.15, -0.1) is 0 Å². The molecule has 140 valence electrons. The normalized spacial score (nSPS) is 10.5. The van der Waals surface area contributed by atoms with Crippen molar-refractivity contribution in [2.24, 2.45) is 0 Å². The Morgan fingerprint density at radius 2 is 1.88 bits per heavy atom. The Balaban J connectivity index is 1.56. The van der Waals surface area contributed by atoms with Gasteiger partial charge in [0.25, 0.3) is 0 Å². The average molecular weight is 358 g/mol. The summed E-state index contributed by atoms with van der Waals surface area (Å²) in [5.41, 5.74) is 0.996. The van der Waals surface area contributed by atoms with Gasteiger partial charge in [0, 0.05) is 31.4 Å². The van der Waals surface area contributed by atoms with E-state index in [1.54, 1.807) is 6.20 Å². The van der Waals surface area contributed by atoms with Gasteiger partial charge in [-0.25, -0.2) is 4.98 Å². The SMILES string of the molecule is COC(=O)CCCCCNC(=O)CCCc1ncc(-c2ccccc2)o1. The number of ether oxygens (including phenoxy) is 1. The zero-order valence-corrected chi connectivity index (χ0v) is 15.2. The fourth-order valence-corrected chi connectivity index (χ4v) is 2.55. The van der Waals surface area contributed by atoms with Gasteiger partial charge in [0.1, 0.15) is 0 Å². The van der Waals surface area contributed by atoms with E-state index >= 15 is 0 Å². The Morgan fingerprint density at radius 3 is 2.65 bits per heavy atom. The second-order valence-electron chi connectivity index (χ2n) is 6.07. The maximum absolute atomic E-state index is 11.8. The molecule has 0 saturated carbocycles. The molecule has 0 saturated heterocycles. The minimum absolute atomic E-state index is 0.0350. The molecular formula is C20H26N2O4. The summed E-state index contributed by atoms with van der Waals surface area (Å²) in [4.78, 5) is 27.0. The van der Waals surface area contributed by atoms with E-state index in [1.807, 2.05) is 30.3 Å². The van der Waals surface area contributed by atoms with Crippen LogP contribution < -0.4 is 5.32 Å². The number of nitrogens with one attached hydrogen (secondary N) is 1. The topological polar surface area (TPSA) is 81.4 Å². The monoisotopic (exact) mass is 358 g/mol. The fraction of sp³-hybridized carbons (Fsp3) is 0.450. The molecule has 0 aliphatic heterocycles. The number of rotatable bonds is 11. The van der Waals surface area contributed by atoms with Gasteiger partial charge in [-0.1, -0.05) is 36.8 Å². The van der Waals surface area contributed by atoms with E-state index < -0.39 is 0 Å². The Bertz CT molecular complexity index is 682. The van der Waals surface area contributed by atoms with Crippen LogP contribution in [0.1, 0.15) is 44.4 Å². The van der Waals surface area contributed by atoms with Crippen LogP contribution in [0.4, 0.5) is 0 Å². The van der Waals surface area contributed by atoms with Crippen LogP contribution >= 0.6 is 0 Å². The maximum Gasteiger partial charge on any atom is 0.305 e. The van der Waals surface area contributed by atoms with Crippen molar-refractivity contribution in [2.75, 3.05) is 13.7 Å². The van der Waals surface area contributed by atoms with Crippen molar-refractivity contribution in [2.45, 2.75) is 44.9 Å². The summed E-state index contributed by atoms with van der Waals surface area (Å²) >= 11 is 0. The van der Waals surface area contributed by atoms with Crippen molar-refractivity contribution >= 4 is 11.9 Å². The molecule has 1 aromatic heterocycles. The Labute approximate surface area is 154 Å². The van der Waals surface area contributed by atoms with Gasteiger partial charge < -0.3 is 14.5 Å². The summed E-state index contributed by atoms with van der Waals surface area (Å²) in [5, 5.41) is 2.90. The molecule has 2 rings (SSSR count). The van der Waals surface area contributed by atoms with E-state index in [1.165, 1.54) is 7.11 Å². The molecule has 0 unspecified atom stereocenters. The van der Waals surface area contributed by atoms with E-state index in [0.29, 0.717) is 38.1 Å². The van der Waals surface area contributed by atoms with Gasteiger partial charge in [-0.05, 0) is 19.3 Å². The van der Waals surface area contributed by atoms with Crippen LogP contribution in [0.5, 0.6) is 0 Å². The van der Waals surface area contributed by atoms with Crippen LogP contribution in [0, 0.1) is 0 Å². The highest BCUT2D eigenvalue weighted by atomic mass is 16.5. The van der Waals surface area contributed by atoms with E-state index in [0.717, 1.165) is 30.6 Å². The molecule has 0 radical (unpaired) electrons. The van der Waals surface area contributed by atoms with Gasteiger partial charge in [0.15, 0.2) is 11.7 Å². The van der Waals surface area contributed by atoms with Crippen LogP contribution in [0.25, 0.3) is 11.3 Å². The summed E-state index contributed by atoms with van der Waals surface area (Å²) < 4.78 is 10.3. The highest BCUT2D eigenvalue weighted by Gasteiger charge is 2.07. The largest absolute Gasteiger partial charge is 0.469 e. The quantitative estimate of drug-likeness (QED) is 0.491. The minimum atomic E-state index is -0.184. The molecule has 6 heteroatoms. The lowest BCUT2D eigenvalue weighted by Crippen LogP contribution is -2.24.